The Hall–Kier alpha value is -1.58. The summed E-state index contributed by atoms with van der Waals surface area (Å²) >= 11 is 0. The van der Waals surface area contributed by atoms with E-state index in [0.29, 0.717) is 30.6 Å². The van der Waals surface area contributed by atoms with E-state index in [1.54, 1.807) is 17.0 Å². The zero-order valence-electron chi connectivity index (χ0n) is 12.1. The van der Waals surface area contributed by atoms with Crippen LogP contribution in [-0.2, 0) is 0 Å². The third kappa shape index (κ3) is 5.73. The third-order valence-corrected chi connectivity index (χ3v) is 2.53. The molecule has 0 aliphatic heterocycles. The average molecular weight is 266 g/mol. The fraction of sp³-hybridized carbons (Fsp3) is 0.533. The molecule has 1 aromatic carbocycles. The standard InChI is InChI=1S/C15H23FN2O/c1-11(2)9-18(10-12(3)4)15(19)17-14-7-5-6-13(16)8-14/h5-8,11-12H,9-10H2,1-4H3,(H,17,19). The monoisotopic (exact) mass is 266 g/mol. The molecule has 0 spiro atoms. The molecule has 4 heteroatoms. The maximum Gasteiger partial charge on any atom is 0.321 e. The van der Waals surface area contributed by atoms with Crippen molar-refractivity contribution in [1.29, 1.82) is 0 Å². The Labute approximate surface area is 114 Å². The highest BCUT2D eigenvalue weighted by molar-refractivity contribution is 5.89. The van der Waals surface area contributed by atoms with E-state index >= 15 is 0 Å². The van der Waals surface area contributed by atoms with Crippen LogP contribution in [0.1, 0.15) is 27.7 Å². The molecular formula is C15H23FN2O. The predicted molar refractivity (Wildman–Crippen MR) is 76.7 cm³/mol. The van der Waals surface area contributed by atoms with Gasteiger partial charge in [-0.3, -0.25) is 0 Å². The highest BCUT2D eigenvalue weighted by atomic mass is 19.1. The van der Waals surface area contributed by atoms with Crippen molar-refractivity contribution in [3.8, 4) is 0 Å². The Kier molecular flexibility index (Phi) is 5.80. The minimum absolute atomic E-state index is 0.173. The molecule has 106 valence electrons. The smallest absolute Gasteiger partial charge is 0.321 e. The second-order valence-electron chi connectivity index (χ2n) is 5.63. The number of carbonyl (C=O) groups excluding carboxylic acids is 1. The quantitative estimate of drug-likeness (QED) is 0.859. The number of rotatable bonds is 5. The minimum atomic E-state index is -0.350. The van der Waals surface area contributed by atoms with Crippen molar-refractivity contribution >= 4 is 11.7 Å². The zero-order chi connectivity index (χ0) is 14.4. The molecule has 0 atom stereocenters. The Morgan fingerprint density at radius 3 is 2.26 bits per heavy atom. The van der Waals surface area contributed by atoms with Crippen molar-refractivity contribution in [2.45, 2.75) is 27.7 Å². The van der Waals surface area contributed by atoms with Gasteiger partial charge in [0.05, 0.1) is 0 Å². The Balaban J connectivity index is 2.70. The van der Waals surface area contributed by atoms with Crippen LogP contribution in [0.2, 0.25) is 0 Å². The number of amides is 2. The van der Waals surface area contributed by atoms with Crippen LogP contribution in [-0.4, -0.2) is 24.0 Å². The number of carbonyl (C=O) groups is 1. The first-order valence-electron chi connectivity index (χ1n) is 6.70. The molecule has 0 bridgehead atoms. The number of halogens is 1. The van der Waals surface area contributed by atoms with Crippen LogP contribution in [0.4, 0.5) is 14.9 Å². The van der Waals surface area contributed by atoms with E-state index in [1.165, 1.54) is 12.1 Å². The molecule has 0 aliphatic carbocycles. The molecule has 0 radical (unpaired) electrons. The first-order valence-corrected chi connectivity index (χ1v) is 6.70. The van der Waals surface area contributed by atoms with Gasteiger partial charge in [0.15, 0.2) is 0 Å². The highest BCUT2D eigenvalue weighted by Gasteiger charge is 2.16. The molecule has 3 nitrogen and oxygen atoms in total. The lowest BCUT2D eigenvalue weighted by atomic mass is 10.1. The number of nitrogens with one attached hydrogen (secondary N) is 1. The van der Waals surface area contributed by atoms with Crippen molar-refractivity contribution in [2.24, 2.45) is 11.8 Å². The van der Waals surface area contributed by atoms with Crippen LogP contribution >= 0.6 is 0 Å². The summed E-state index contributed by atoms with van der Waals surface area (Å²) in [5, 5.41) is 2.74. The summed E-state index contributed by atoms with van der Waals surface area (Å²) < 4.78 is 13.1. The normalized spacial score (nSPS) is 10.9. The van der Waals surface area contributed by atoms with Gasteiger partial charge in [-0.1, -0.05) is 33.8 Å². The van der Waals surface area contributed by atoms with E-state index in [2.05, 4.69) is 33.0 Å². The van der Waals surface area contributed by atoms with Crippen LogP contribution in [0.3, 0.4) is 0 Å². The number of hydrogen-bond acceptors (Lipinski definition) is 1. The zero-order valence-corrected chi connectivity index (χ0v) is 12.1. The van der Waals surface area contributed by atoms with Gasteiger partial charge in [-0.15, -0.1) is 0 Å². The molecule has 0 heterocycles. The van der Waals surface area contributed by atoms with E-state index in [0.717, 1.165) is 0 Å². The molecule has 19 heavy (non-hydrogen) atoms. The molecular weight excluding hydrogens is 243 g/mol. The van der Waals surface area contributed by atoms with Gasteiger partial charge in [0.2, 0.25) is 0 Å². The van der Waals surface area contributed by atoms with Gasteiger partial charge in [-0.05, 0) is 30.0 Å². The van der Waals surface area contributed by atoms with E-state index in [4.69, 9.17) is 0 Å². The van der Waals surface area contributed by atoms with Gasteiger partial charge in [0.25, 0.3) is 0 Å². The van der Waals surface area contributed by atoms with Gasteiger partial charge in [0.1, 0.15) is 5.82 Å². The number of hydrogen-bond donors (Lipinski definition) is 1. The third-order valence-electron chi connectivity index (χ3n) is 2.53. The van der Waals surface area contributed by atoms with Crippen LogP contribution in [0.15, 0.2) is 24.3 Å². The summed E-state index contributed by atoms with van der Waals surface area (Å²) in [4.78, 5) is 14.0. The Morgan fingerprint density at radius 2 is 1.79 bits per heavy atom. The summed E-state index contributed by atoms with van der Waals surface area (Å²) in [7, 11) is 0. The average Bonchev–Trinajstić information content (AvgIpc) is 2.26. The fourth-order valence-electron chi connectivity index (χ4n) is 1.89. The predicted octanol–water partition coefficient (Wildman–Crippen LogP) is 3.97. The highest BCUT2D eigenvalue weighted by Crippen LogP contribution is 2.12. The number of benzene rings is 1. The molecule has 0 saturated carbocycles. The van der Waals surface area contributed by atoms with Crippen molar-refractivity contribution in [1.82, 2.24) is 4.90 Å². The van der Waals surface area contributed by atoms with Gasteiger partial charge >= 0.3 is 6.03 Å². The minimum Gasteiger partial charge on any atom is -0.324 e. The Morgan fingerprint density at radius 1 is 1.21 bits per heavy atom. The SMILES string of the molecule is CC(C)CN(CC(C)C)C(=O)Nc1cccc(F)c1. The molecule has 1 N–H and O–H groups in total. The number of anilines is 1. The summed E-state index contributed by atoms with van der Waals surface area (Å²) in [6, 6.07) is 5.77. The summed E-state index contributed by atoms with van der Waals surface area (Å²) in [5.74, 6) is 0.450. The largest absolute Gasteiger partial charge is 0.324 e. The molecule has 0 saturated heterocycles. The van der Waals surface area contributed by atoms with Gasteiger partial charge < -0.3 is 10.2 Å². The van der Waals surface area contributed by atoms with E-state index < -0.39 is 0 Å². The fourth-order valence-corrected chi connectivity index (χ4v) is 1.89. The van der Waals surface area contributed by atoms with Crippen molar-refractivity contribution in [3.05, 3.63) is 30.1 Å². The summed E-state index contributed by atoms with van der Waals surface area (Å²) in [5.41, 5.74) is 0.488. The van der Waals surface area contributed by atoms with Gasteiger partial charge in [-0.25, -0.2) is 9.18 Å². The molecule has 0 fully saturated rings. The van der Waals surface area contributed by atoms with E-state index in [-0.39, 0.29) is 11.8 Å². The summed E-state index contributed by atoms with van der Waals surface area (Å²) in [6.45, 7) is 9.68. The van der Waals surface area contributed by atoms with Crippen LogP contribution in [0, 0.1) is 17.7 Å². The van der Waals surface area contributed by atoms with Crippen molar-refractivity contribution in [2.75, 3.05) is 18.4 Å². The molecule has 1 aromatic rings. The lowest BCUT2D eigenvalue weighted by Gasteiger charge is -2.26. The first kappa shape index (κ1) is 15.5. The molecule has 1 rings (SSSR count). The lowest BCUT2D eigenvalue weighted by molar-refractivity contribution is 0.196. The van der Waals surface area contributed by atoms with Crippen LogP contribution in [0.5, 0.6) is 0 Å². The number of nitrogens with zero attached hydrogens (tertiary/aromatic N) is 1. The van der Waals surface area contributed by atoms with Crippen LogP contribution in [0.25, 0.3) is 0 Å². The molecule has 0 aliphatic rings. The number of urea groups is 1. The first-order chi connectivity index (χ1) is 8.88. The summed E-state index contributed by atoms with van der Waals surface area (Å²) in [6.07, 6.45) is 0. The van der Waals surface area contributed by atoms with Crippen molar-refractivity contribution < 1.29 is 9.18 Å². The lowest BCUT2D eigenvalue weighted by Crippen LogP contribution is -2.39. The maximum atomic E-state index is 13.1. The molecule has 2 amide bonds. The second-order valence-corrected chi connectivity index (χ2v) is 5.63. The maximum absolute atomic E-state index is 13.1. The van der Waals surface area contributed by atoms with E-state index in [1.807, 2.05) is 0 Å². The van der Waals surface area contributed by atoms with Gasteiger partial charge in [0, 0.05) is 18.8 Å². The van der Waals surface area contributed by atoms with Crippen molar-refractivity contribution in [3.63, 3.8) is 0 Å². The molecule has 0 aromatic heterocycles. The second kappa shape index (κ2) is 7.12. The topological polar surface area (TPSA) is 32.3 Å². The van der Waals surface area contributed by atoms with Crippen LogP contribution < -0.4 is 5.32 Å². The van der Waals surface area contributed by atoms with Gasteiger partial charge in [-0.2, -0.15) is 0 Å². The van der Waals surface area contributed by atoms with E-state index in [9.17, 15) is 9.18 Å². The Bertz CT molecular complexity index is 408. The molecule has 0 unspecified atom stereocenters.